The molecule has 3 aromatic rings. The highest BCUT2D eigenvalue weighted by Gasteiger charge is 2.25. The van der Waals surface area contributed by atoms with Crippen molar-refractivity contribution >= 4 is 15.9 Å². The van der Waals surface area contributed by atoms with E-state index in [4.69, 9.17) is 0 Å². The molecule has 2 heterocycles. The smallest absolute Gasteiger partial charge is 0.243 e. The number of aryl methyl sites for hydroxylation is 2. The third-order valence-electron chi connectivity index (χ3n) is 6.77. The van der Waals surface area contributed by atoms with Gasteiger partial charge in [-0.2, -0.15) is 9.40 Å². The summed E-state index contributed by atoms with van der Waals surface area (Å²) in [5.41, 5.74) is 4.94. The summed E-state index contributed by atoms with van der Waals surface area (Å²) in [5, 5.41) is 4.67. The van der Waals surface area contributed by atoms with Gasteiger partial charge in [0, 0.05) is 44.4 Å². The number of nitrogens with zero attached hydrogens (tertiary/aromatic N) is 4. The van der Waals surface area contributed by atoms with Crippen LogP contribution in [0.2, 0.25) is 0 Å². The number of piperidine rings is 1. The van der Waals surface area contributed by atoms with Crippen LogP contribution in [0.15, 0.2) is 59.5 Å². The van der Waals surface area contributed by atoms with Crippen molar-refractivity contribution in [2.45, 2.75) is 57.4 Å². The van der Waals surface area contributed by atoms with Crippen molar-refractivity contribution in [2.24, 2.45) is 0 Å². The number of amides is 1. The number of hydrogen-bond donors (Lipinski definition) is 0. The summed E-state index contributed by atoms with van der Waals surface area (Å²) in [6.45, 7) is 5.68. The topological polar surface area (TPSA) is 75.5 Å². The Bertz CT molecular complexity index is 1260. The molecule has 0 saturated carbocycles. The minimum Gasteiger partial charge on any atom is -0.341 e. The summed E-state index contributed by atoms with van der Waals surface area (Å²) >= 11 is 0. The van der Waals surface area contributed by atoms with Crippen LogP contribution in [0, 0.1) is 13.8 Å². The van der Waals surface area contributed by atoms with Crippen molar-refractivity contribution in [3.63, 3.8) is 0 Å². The molecule has 1 aromatic heterocycles. The van der Waals surface area contributed by atoms with Crippen molar-refractivity contribution in [1.82, 2.24) is 19.0 Å². The fourth-order valence-electron chi connectivity index (χ4n) is 4.57. The lowest BCUT2D eigenvalue weighted by atomic mass is 10.1. The second kappa shape index (κ2) is 10.7. The lowest BCUT2D eigenvalue weighted by Crippen LogP contribution is -2.35. The van der Waals surface area contributed by atoms with Crippen LogP contribution in [0.5, 0.6) is 0 Å². The summed E-state index contributed by atoms with van der Waals surface area (Å²) < 4.78 is 29.2. The molecular weight excluding hydrogens is 460 g/mol. The highest BCUT2D eigenvalue weighted by Crippen LogP contribution is 2.22. The molecule has 1 aliphatic heterocycles. The molecule has 1 aliphatic rings. The number of carbonyl (C=O) groups excluding carboxylic acids is 1. The van der Waals surface area contributed by atoms with Crippen LogP contribution < -0.4 is 0 Å². The van der Waals surface area contributed by atoms with Crippen LogP contribution in [-0.2, 0) is 27.8 Å². The Balaban J connectivity index is 1.35. The number of carbonyl (C=O) groups is 1. The summed E-state index contributed by atoms with van der Waals surface area (Å²) in [6, 6.07) is 16.9. The Kier molecular flexibility index (Phi) is 7.72. The molecule has 1 amide bonds. The Labute approximate surface area is 208 Å². The number of rotatable bonds is 8. The van der Waals surface area contributed by atoms with Crippen molar-refractivity contribution in [3.05, 3.63) is 77.1 Å². The first-order valence-corrected chi connectivity index (χ1v) is 13.6. The second-order valence-electron chi connectivity index (χ2n) is 9.26. The average Bonchev–Trinajstić information content (AvgIpc) is 3.16. The van der Waals surface area contributed by atoms with Crippen molar-refractivity contribution in [3.8, 4) is 5.69 Å². The van der Waals surface area contributed by atoms with Gasteiger partial charge in [-0.1, -0.05) is 36.8 Å². The zero-order valence-corrected chi connectivity index (χ0v) is 21.6. The predicted molar refractivity (Wildman–Crippen MR) is 137 cm³/mol. The van der Waals surface area contributed by atoms with E-state index < -0.39 is 10.0 Å². The summed E-state index contributed by atoms with van der Waals surface area (Å²) in [4.78, 5) is 14.9. The molecule has 0 spiro atoms. The van der Waals surface area contributed by atoms with Gasteiger partial charge in [0.15, 0.2) is 0 Å². The SMILES string of the molecule is Cc1nn(-c2ccccc2)c(C)c1CN(C)C(=O)CCc1ccc(S(=O)(=O)N2CCCCC2)cc1. The summed E-state index contributed by atoms with van der Waals surface area (Å²) in [5.74, 6) is 0.0428. The molecule has 0 radical (unpaired) electrons. The third-order valence-corrected chi connectivity index (χ3v) is 8.68. The van der Waals surface area contributed by atoms with Gasteiger partial charge in [0.2, 0.25) is 15.9 Å². The maximum absolute atomic E-state index is 12.8. The highest BCUT2D eigenvalue weighted by molar-refractivity contribution is 7.89. The quantitative estimate of drug-likeness (QED) is 0.469. The molecule has 4 rings (SSSR count). The Hall–Kier alpha value is -2.97. The lowest BCUT2D eigenvalue weighted by Gasteiger charge is -2.25. The van der Waals surface area contributed by atoms with E-state index in [1.165, 1.54) is 0 Å². The fraction of sp³-hybridized carbons (Fsp3) is 0.407. The Morgan fingerprint density at radius 3 is 2.29 bits per heavy atom. The number of hydrogen-bond acceptors (Lipinski definition) is 4. The van der Waals surface area contributed by atoms with E-state index in [2.05, 4.69) is 5.10 Å². The minimum atomic E-state index is -3.43. The number of para-hydroxylation sites is 1. The number of aromatic nitrogens is 2. The van der Waals surface area contributed by atoms with Gasteiger partial charge in [0.1, 0.15) is 0 Å². The van der Waals surface area contributed by atoms with E-state index in [1.807, 2.05) is 68.0 Å². The van der Waals surface area contributed by atoms with Crippen LogP contribution in [-0.4, -0.2) is 53.4 Å². The molecule has 35 heavy (non-hydrogen) atoms. The molecule has 0 atom stereocenters. The molecule has 0 unspecified atom stereocenters. The zero-order chi connectivity index (χ0) is 25.0. The molecule has 7 nitrogen and oxygen atoms in total. The maximum Gasteiger partial charge on any atom is 0.243 e. The fourth-order valence-corrected chi connectivity index (χ4v) is 6.09. The van der Waals surface area contributed by atoms with E-state index in [0.29, 0.717) is 37.4 Å². The summed E-state index contributed by atoms with van der Waals surface area (Å²) in [7, 11) is -1.62. The van der Waals surface area contributed by atoms with Gasteiger partial charge in [0.05, 0.1) is 16.3 Å². The van der Waals surface area contributed by atoms with E-state index in [0.717, 1.165) is 47.5 Å². The van der Waals surface area contributed by atoms with Gasteiger partial charge in [0.25, 0.3) is 0 Å². The molecule has 0 bridgehead atoms. The molecule has 8 heteroatoms. The van der Waals surface area contributed by atoms with Gasteiger partial charge in [-0.3, -0.25) is 4.79 Å². The van der Waals surface area contributed by atoms with Crippen LogP contribution >= 0.6 is 0 Å². The van der Waals surface area contributed by atoms with Gasteiger partial charge in [-0.25, -0.2) is 13.1 Å². The van der Waals surface area contributed by atoms with Gasteiger partial charge >= 0.3 is 0 Å². The van der Waals surface area contributed by atoms with Crippen LogP contribution in [0.25, 0.3) is 5.69 Å². The van der Waals surface area contributed by atoms with E-state index in [1.54, 1.807) is 21.3 Å². The van der Waals surface area contributed by atoms with E-state index in [9.17, 15) is 13.2 Å². The van der Waals surface area contributed by atoms with Crippen LogP contribution in [0.4, 0.5) is 0 Å². The standard InChI is InChI=1S/C27H34N4O3S/c1-21-26(22(2)31(28-21)24-10-6-4-7-11-24)20-29(3)27(32)17-14-23-12-15-25(16-13-23)35(33,34)30-18-8-5-9-19-30/h4,6-7,10-13,15-16H,5,8-9,14,17-20H2,1-3H3. The van der Waals surface area contributed by atoms with Gasteiger partial charge in [-0.15, -0.1) is 0 Å². The highest BCUT2D eigenvalue weighted by atomic mass is 32.2. The zero-order valence-electron chi connectivity index (χ0n) is 20.8. The maximum atomic E-state index is 12.8. The largest absolute Gasteiger partial charge is 0.341 e. The number of benzene rings is 2. The molecule has 0 N–H and O–H groups in total. The van der Waals surface area contributed by atoms with Gasteiger partial charge < -0.3 is 4.90 Å². The first-order valence-electron chi connectivity index (χ1n) is 12.2. The number of sulfonamides is 1. The van der Waals surface area contributed by atoms with Crippen molar-refractivity contribution < 1.29 is 13.2 Å². The van der Waals surface area contributed by atoms with Crippen molar-refractivity contribution in [1.29, 1.82) is 0 Å². The molecule has 1 fully saturated rings. The average molecular weight is 495 g/mol. The van der Waals surface area contributed by atoms with E-state index in [-0.39, 0.29) is 5.91 Å². The lowest BCUT2D eigenvalue weighted by molar-refractivity contribution is -0.130. The molecule has 2 aromatic carbocycles. The first-order chi connectivity index (χ1) is 16.8. The normalized spacial score (nSPS) is 14.7. The second-order valence-corrected chi connectivity index (χ2v) is 11.2. The van der Waals surface area contributed by atoms with Gasteiger partial charge in [-0.05, 0) is 62.9 Å². The van der Waals surface area contributed by atoms with Crippen LogP contribution in [0.1, 0.15) is 48.2 Å². The third kappa shape index (κ3) is 5.65. The Morgan fingerprint density at radius 1 is 0.971 bits per heavy atom. The molecule has 0 aliphatic carbocycles. The molecular formula is C27H34N4O3S. The van der Waals surface area contributed by atoms with Crippen LogP contribution in [0.3, 0.4) is 0 Å². The predicted octanol–water partition coefficient (Wildman–Crippen LogP) is 4.25. The first kappa shape index (κ1) is 25.1. The minimum absolute atomic E-state index is 0.0428. The van der Waals surface area contributed by atoms with E-state index >= 15 is 0 Å². The summed E-state index contributed by atoms with van der Waals surface area (Å²) in [6.07, 6.45) is 3.84. The molecule has 1 saturated heterocycles. The van der Waals surface area contributed by atoms with Crippen molar-refractivity contribution in [2.75, 3.05) is 20.1 Å². The Morgan fingerprint density at radius 2 is 1.63 bits per heavy atom. The monoisotopic (exact) mass is 494 g/mol. The molecule has 186 valence electrons.